The fourth-order valence-electron chi connectivity index (χ4n) is 3.28. The van der Waals surface area contributed by atoms with Crippen LogP contribution in [0.4, 0.5) is 5.69 Å². The molecule has 0 radical (unpaired) electrons. The maximum absolute atomic E-state index is 13.2. The summed E-state index contributed by atoms with van der Waals surface area (Å²) >= 11 is 0. The van der Waals surface area contributed by atoms with E-state index < -0.39 is 10.0 Å². The minimum absolute atomic E-state index is 0. The first-order valence-electron chi connectivity index (χ1n) is 9.27. The third-order valence-electron chi connectivity index (χ3n) is 4.99. The van der Waals surface area contributed by atoms with Gasteiger partial charge in [-0.15, -0.1) is 12.4 Å². The van der Waals surface area contributed by atoms with E-state index in [2.05, 4.69) is 4.90 Å². The van der Waals surface area contributed by atoms with Crippen molar-refractivity contribution in [3.63, 3.8) is 0 Å². The van der Waals surface area contributed by atoms with Gasteiger partial charge in [0, 0.05) is 46.5 Å². The van der Waals surface area contributed by atoms with Crippen molar-refractivity contribution in [1.29, 1.82) is 0 Å². The summed E-state index contributed by atoms with van der Waals surface area (Å²) in [5.74, 6) is -0.186. The predicted molar refractivity (Wildman–Crippen MR) is 116 cm³/mol. The highest BCUT2D eigenvalue weighted by molar-refractivity contribution is 7.89. The lowest BCUT2D eigenvalue weighted by atomic mass is 9.93. The average molecular weight is 433 g/mol. The average Bonchev–Trinajstić information content (AvgIpc) is 3.14. The van der Waals surface area contributed by atoms with E-state index in [-0.39, 0.29) is 28.6 Å². The Labute approximate surface area is 175 Å². The van der Waals surface area contributed by atoms with Crippen LogP contribution in [-0.2, 0) is 10.0 Å². The van der Waals surface area contributed by atoms with Crippen molar-refractivity contribution < 1.29 is 13.2 Å². The number of nitrogens with two attached hydrogens (primary N) is 1. The van der Waals surface area contributed by atoms with Crippen LogP contribution in [0.2, 0.25) is 0 Å². The van der Waals surface area contributed by atoms with E-state index in [9.17, 15) is 13.2 Å². The molecule has 0 aromatic heterocycles. The Morgan fingerprint density at radius 2 is 1.75 bits per heavy atom. The summed E-state index contributed by atoms with van der Waals surface area (Å²) in [6, 6.07) is 4.86. The lowest BCUT2D eigenvalue weighted by Gasteiger charge is -2.30. The highest BCUT2D eigenvalue weighted by atomic mass is 35.5. The highest BCUT2D eigenvalue weighted by Crippen LogP contribution is 2.29. The predicted octanol–water partition coefficient (Wildman–Crippen LogP) is 2.02. The van der Waals surface area contributed by atoms with Crippen molar-refractivity contribution in [2.45, 2.75) is 31.6 Å². The molecule has 160 valence electrons. The van der Waals surface area contributed by atoms with Gasteiger partial charge in [-0.3, -0.25) is 4.79 Å². The number of benzene rings is 1. The van der Waals surface area contributed by atoms with Gasteiger partial charge in [0.2, 0.25) is 10.0 Å². The van der Waals surface area contributed by atoms with Gasteiger partial charge >= 0.3 is 0 Å². The van der Waals surface area contributed by atoms with Crippen molar-refractivity contribution in [3.8, 4) is 0 Å². The van der Waals surface area contributed by atoms with E-state index in [4.69, 9.17) is 5.73 Å². The fraction of sp³-hybridized carbons (Fsp3) is 0.632. The van der Waals surface area contributed by atoms with Gasteiger partial charge in [-0.1, -0.05) is 13.8 Å². The summed E-state index contributed by atoms with van der Waals surface area (Å²) in [6.45, 7) is 6.71. The minimum Gasteiger partial charge on any atom is -0.371 e. The molecule has 9 heteroatoms. The van der Waals surface area contributed by atoms with Crippen LogP contribution < -0.4 is 10.6 Å². The van der Waals surface area contributed by atoms with Gasteiger partial charge in [0.15, 0.2) is 0 Å². The van der Waals surface area contributed by atoms with E-state index >= 15 is 0 Å². The highest BCUT2D eigenvalue weighted by Gasteiger charge is 2.28. The number of sulfonamides is 1. The number of anilines is 1. The summed E-state index contributed by atoms with van der Waals surface area (Å²) in [4.78, 5) is 17.1. The second-order valence-electron chi connectivity index (χ2n) is 8.19. The monoisotopic (exact) mass is 432 g/mol. The number of carbonyl (C=O) groups excluding carboxylic acids is 1. The largest absolute Gasteiger partial charge is 0.371 e. The summed E-state index contributed by atoms with van der Waals surface area (Å²) in [5.41, 5.74) is 6.81. The van der Waals surface area contributed by atoms with Crippen LogP contribution in [0.5, 0.6) is 0 Å². The molecule has 0 spiro atoms. The van der Waals surface area contributed by atoms with Crippen molar-refractivity contribution in [2.24, 2.45) is 11.1 Å². The Morgan fingerprint density at radius 3 is 2.25 bits per heavy atom. The van der Waals surface area contributed by atoms with Crippen molar-refractivity contribution in [2.75, 3.05) is 52.2 Å². The Hall–Kier alpha value is -1.35. The standard InChI is InChI=1S/C19H32N4O3S.ClH/c1-19(2,13-20)14-22(5)18(24)16-12-15(27(25,26)21(3)4)8-9-17(16)23-10-6-7-11-23;/h8-9,12H,6-7,10-11,13-14,20H2,1-5H3;1H. The zero-order valence-corrected chi connectivity index (χ0v) is 19.1. The Balaban J connectivity index is 0.00000392. The van der Waals surface area contributed by atoms with Crippen LogP contribution in [0, 0.1) is 5.41 Å². The van der Waals surface area contributed by atoms with E-state index in [1.54, 1.807) is 24.1 Å². The molecular weight excluding hydrogens is 400 g/mol. The number of carbonyl (C=O) groups is 1. The molecule has 0 atom stereocenters. The van der Waals surface area contributed by atoms with Crippen molar-refractivity contribution in [3.05, 3.63) is 23.8 Å². The van der Waals surface area contributed by atoms with Crippen LogP contribution in [0.25, 0.3) is 0 Å². The van der Waals surface area contributed by atoms with E-state index in [0.717, 1.165) is 35.9 Å². The number of halogens is 1. The molecule has 2 N–H and O–H groups in total. The maximum atomic E-state index is 13.2. The zero-order valence-electron chi connectivity index (χ0n) is 17.4. The normalized spacial score (nSPS) is 14.9. The first-order valence-corrected chi connectivity index (χ1v) is 10.7. The molecule has 0 unspecified atom stereocenters. The van der Waals surface area contributed by atoms with Gasteiger partial charge in [-0.2, -0.15) is 0 Å². The van der Waals surface area contributed by atoms with Gasteiger partial charge < -0.3 is 15.5 Å². The van der Waals surface area contributed by atoms with Crippen LogP contribution in [0.15, 0.2) is 23.1 Å². The van der Waals surface area contributed by atoms with E-state index in [0.29, 0.717) is 18.7 Å². The van der Waals surface area contributed by atoms with Crippen molar-refractivity contribution in [1.82, 2.24) is 9.21 Å². The third kappa shape index (κ3) is 5.37. The third-order valence-corrected chi connectivity index (χ3v) is 6.80. The van der Waals surface area contributed by atoms with Crippen LogP contribution >= 0.6 is 12.4 Å². The van der Waals surface area contributed by atoms with Gasteiger partial charge in [0.1, 0.15) is 0 Å². The second kappa shape index (κ2) is 9.43. The molecular formula is C19H33ClN4O3S. The summed E-state index contributed by atoms with van der Waals surface area (Å²) < 4.78 is 26.3. The molecule has 7 nitrogen and oxygen atoms in total. The van der Waals surface area contributed by atoms with Gasteiger partial charge in [0.25, 0.3) is 5.91 Å². The fourth-order valence-corrected chi connectivity index (χ4v) is 4.20. The number of hydrogen-bond acceptors (Lipinski definition) is 5. The lowest BCUT2D eigenvalue weighted by Crippen LogP contribution is -2.40. The summed E-state index contributed by atoms with van der Waals surface area (Å²) in [6.07, 6.45) is 2.14. The van der Waals surface area contributed by atoms with Crippen LogP contribution in [-0.4, -0.2) is 70.9 Å². The van der Waals surface area contributed by atoms with Crippen LogP contribution in [0.3, 0.4) is 0 Å². The zero-order chi connectivity index (χ0) is 20.4. The molecule has 0 saturated carbocycles. The summed E-state index contributed by atoms with van der Waals surface area (Å²) in [7, 11) is 1.10. The lowest BCUT2D eigenvalue weighted by molar-refractivity contribution is 0.0741. The molecule has 0 bridgehead atoms. The van der Waals surface area contributed by atoms with Crippen LogP contribution in [0.1, 0.15) is 37.0 Å². The molecule has 2 rings (SSSR count). The molecule has 0 aliphatic carbocycles. The smallest absolute Gasteiger partial charge is 0.255 e. The number of nitrogens with zero attached hydrogens (tertiary/aromatic N) is 3. The molecule has 1 saturated heterocycles. The first-order chi connectivity index (χ1) is 12.5. The Morgan fingerprint density at radius 1 is 1.18 bits per heavy atom. The van der Waals surface area contributed by atoms with E-state index in [1.165, 1.54) is 20.2 Å². The number of amides is 1. The molecule has 1 amide bonds. The Bertz CT molecular complexity index is 790. The molecule has 1 fully saturated rings. The van der Waals surface area contributed by atoms with Crippen molar-refractivity contribution >= 4 is 34.0 Å². The molecule has 28 heavy (non-hydrogen) atoms. The molecule has 1 heterocycles. The SMILES string of the molecule is CN(CC(C)(C)CN)C(=O)c1cc(S(=O)(=O)N(C)C)ccc1N1CCCC1.Cl. The second-order valence-corrected chi connectivity index (χ2v) is 10.3. The first kappa shape index (κ1) is 24.7. The minimum atomic E-state index is -3.61. The van der Waals surface area contributed by atoms with Gasteiger partial charge in [-0.05, 0) is 43.0 Å². The Kier molecular flexibility index (Phi) is 8.32. The summed E-state index contributed by atoms with van der Waals surface area (Å²) in [5, 5.41) is 0. The maximum Gasteiger partial charge on any atom is 0.255 e. The number of hydrogen-bond donors (Lipinski definition) is 1. The number of rotatable bonds is 7. The topological polar surface area (TPSA) is 86.9 Å². The molecule has 1 aromatic rings. The molecule has 1 aliphatic rings. The van der Waals surface area contributed by atoms with E-state index in [1.807, 2.05) is 13.8 Å². The molecule has 1 aromatic carbocycles. The molecule has 1 aliphatic heterocycles. The quantitative estimate of drug-likeness (QED) is 0.712. The van der Waals surface area contributed by atoms with Gasteiger partial charge in [-0.25, -0.2) is 12.7 Å². The van der Waals surface area contributed by atoms with Gasteiger partial charge in [0.05, 0.1) is 10.5 Å².